The molecule has 2 aliphatic heterocycles. The molecule has 29 heavy (non-hydrogen) atoms. The largest absolute Gasteiger partial charge is 0.315 e. The number of ketones is 1. The predicted molar refractivity (Wildman–Crippen MR) is 103 cm³/mol. The minimum Gasteiger partial charge on any atom is -0.315 e. The van der Waals surface area contributed by atoms with Crippen LogP contribution in [-0.2, 0) is 25.8 Å². The number of nitro benzene ring substituents is 1. The third kappa shape index (κ3) is 2.84. The predicted octanol–water partition coefficient (Wildman–Crippen LogP) is 2.39. The number of hydrogen-bond donors (Lipinski definition) is 0. The number of carbonyl (C=O) groups is 2. The Labute approximate surface area is 171 Å². The second kappa shape index (κ2) is 6.64. The van der Waals surface area contributed by atoms with Crippen LogP contribution in [0.15, 0.2) is 53.4 Å². The summed E-state index contributed by atoms with van der Waals surface area (Å²) in [6, 6.07) is 11.2. The minimum absolute atomic E-state index is 0.0103. The van der Waals surface area contributed by atoms with E-state index in [9.17, 15) is 28.1 Å². The van der Waals surface area contributed by atoms with E-state index >= 15 is 0 Å². The molecule has 2 saturated heterocycles. The van der Waals surface area contributed by atoms with Gasteiger partial charge in [-0.2, -0.15) is 0 Å². The quantitative estimate of drug-likeness (QED) is 0.405. The summed E-state index contributed by atoms with van der Waals surface area (Å²) in [5.41, 5.74) is 0.508. The number of benzene rings is 2. The molecule has 2 aliphatic rings. The van der Waals surface area contributed by atoms with Crippen molar-refractivity contribution in [2.24, 2.45) is 5.92 Å². The van der Waals surface area contributed by atoms with Crippen LogP contribution in [0, 0.1) is 16.0 Å². The molecule has 0 aliphatic carbocycles. The number of β-lactam (4-membered cyclic amide) rings is 1. The number of nitro groups is 1. The van der Waals surface area contributed by atoms with E-state index < -0.39 is 43.7 Å². The Morgan fingerprint density at radius 1 is 1.17 bits per heavy atom. The van der Waals surface area contributed by atoms with Gasteiger partial charge in [-0.25, -0.2) is 8.42 Å². The fourth-order valence-corrected chi connectivity index (χ4v) is 6.33. The molecular formula is C19H15ClN2O6S. The second-order valence-corrected chi connectivity index (χ2v) is 9.71. The molecule has 2 heterocycles. The number of Topliss-reactive ketones (excluding diaryl/α,β-unsaturated/α-hetero) is 1. The van der Waals surface area contributed by atoms with Crippen LogP contribution in [0.25, 0.3) is 0 Å². The van der Waals surface area contributed by atoms with Crippen molar-refractivity contribution in [3.05, 3.63) is 69.2 Å². The molecule has 0 spiro atoms. The van der Waals surface area contributed by atoms with E-state index in [1.807, 2.05) is 0 Å². The molecule has 10 heteroatoms. The molecule has 0 radical (unpaired) electrons. The van der Waals surface area contributed by atoms with Gasteiger partial charge in [0.25, 0.3) is 5.69 Å². The van der Waals surface area contributed by atoms with Crippen molar-refractivity contribution < 1.29 is 22.9 Å². The number of sulfone groups is 1. The Kier molecular flexibility index (Phi) is 4.47. The maximum absolute atomic E-state index is 13.3. The number of non-ortho nitro benzene ring substituents is 1. The summed E-state index contributed by atoms with van der Waals surface area (Å²) in [5.74, 6) is -1.61. The van der Waals surface area contributed by atoms with Crippen LogP contribution in [0.2, 0.25) is 5.02 Å². The summed E-state index contributed by atoms with van der Waals surface area (Å²) in [7, 11) is -4.25. The van der Waals surface area contributed by atoms with Crippen molar-refractivity contribution in [2.75, 3.05) is 6.54 Å². The van der Waals surface area contributed by atoms with Crippen molar-refractivity contribution in [3.63, 3.8) is 0 Å². The number of hydrogen-bond acceptors (Lipinski definition) is 6. The maximum atomic E-state index is 13.3. The lowest BCUT2D eigenvalue weighted by molar-refractivity contribution is -0.384. The molecule has 2 atom stereocenters. The zero-order chi connectivity index (χ0) is 21.0. The van der Waals surface area contributed by atoms with Gasteiger partial charge in [0, 0.05) is 29.6 Å². The van der Waals surface area contributed by atoms with Crippen LogP contribution >= 0.6 is 11.6 Å². The fourth-order valence-electron chi connectivity index (χ4n) is 4.02. The first-order valence-corrected chi connectivity index (χ1v) is 10.6. The highest BCUT2D eigenvalue weighted by molar-refractivity contribution is 7.93. The number of nitrogens with zero attached hydrogens (tertiary/aromatic N) is 2. The van der Waals surface area contributed by atoms with Crippen LogP contribution in [0.3, 0.4) is 0 Å². The van der Waals surface area contributed by atoms with Gasteiger partial charge in [-0.1, -0.05) is 23.7 Å². The molecule has 2 aromatic carbocycles. The van der Waals surface area contributed by atoms with Crippen LogP contribution in [0.4, 0.5) is 5.69 Å². The van der Waals surface area contributed by atoms with Crippen molar-refractivity contribution in [2.45, 2.75) is 22.6 Å². The van der Waals surface area contributed by atoms with Gasteiger partial charge in [-0.15, -0.1) is 0 Å². The maximum Gasteiger partial charge on any atom is 0.269 e. The van der Waals surface area contributed by atoms with Crippen molar-refractivity contribution in [3.8, 4) is 0 Å². The van der Waals surface area contributed by atoms with Gasteiger partial charge in [-0.3, -0.25) is 19.7 Å². The van der Waals surface area contributed by atoms with E-state index in [-0.39, 0.29) is 23.5 Å². The number of rotatable bonds is 5. The molecule has 0 saturated carbocycles. The average molecular weight is 435 g/mol. The Bertz CT molecular complexity index is 1150. The van der Waals surface area contributed by atoms with Crippen molar-refractivity contribution in [1.29, 1.82) is 0 Å². The number of fused-ring (bicyclic) bond motifs is 1. The Morgan fingerprint density at radius 2 is 1.86 bits per heavy atom. The van der Waals surface area contributed by atoms with Crippen LogP contribution in [0.5, 0.6) is 0 Å². The Morgan fingerprint density at radius 3 is 2.45 bits per heavy atom. The van der Waals surface area contributed by atoms with E-state index in [0.29, 0.717) is 5.02 Å². The van der Waals surface area contributed by atoms with E-state index in [4.69, 9.17) is 11.6 Å². The molecule has 2 unspecified atom stereocenters. The Hall–Kier alpha value is -2.78. The first kappa shape index (κ1) is 19.5. The first-order valence-electron chi connectivity index (χ1n) is 8.75. The fraction of sp³-hybridized carbons (Fsp3) is 0.263. The lowest BCUT2D eigenvalue weighted by atomic mass is 9.93. The molecule has 0 aromatic heterocycles. The molecule has 2 fully saturated rings. The summed E-state index contributed by atoms with van der Waals surface area (Å²) in [6.07, 6.45) is -0.155. The molecule has 1 amide bonds. The van der Waals surface area contributed by atoms with Crippen LogP contribution in [0.1, 0.15) is 12.0 Å². The topological polar surface area (TPSA) is 115 Å². The van der Waals surface area contributed by atoms with E-state index in [2.05, 4.69) is 0 Å². The van der Waals surface area contributed by atoms with Gasteiger partial charge in [0.2, 0.25) is 20.6 Å². The van der Waals surface area contributed by atoms with Gasteiger partial charge >= 0.3 is 0 Å². The molecule has 4 rings (SSSR count). The molecular weight excluding hydrogens is 420 g/mol. The number of halogens is 1. The zero-order valence-electron chi connectivity index (χ0n) is 14.9. The standard InChI is InChI=1S/C19H15ClN2O6S/c20-14-3-1-2-12(9-14)8-13-11-21-17(23)10-19(21,18(13)24)29(27,28)16-6-4-15(5-7-16)22(25)26/h1-7,9,13H,8,10-11H2. The minimum atomic E-state index is -4.25. The average Bonchev–Trinajstić information content (AvgIpc) is 2.90. The Balaban J connectivity index is 1.69. The molecule has 8 nitrogen and oxygen atoms in total. The van der Waals surface area contributed by atoms with Crippen LogP contribution < -0.4 is 0 Å². The summed E-state index contributed by atoms with van der Waals surface area (Å²) in [5, 5.41) is 11.3. The first-order chi connectivity index (χ1) is 13.7. The molecule has 2 aromatic rings. The highest BCUT2D eigenvalue weighted by Crippen LogP contribution is 2.48. The van der Waals surface area contributed by atoms with Gasteiger partial charge in [0.05, 0.1) is 16.2 Å². The van der Waals surface area contributed by atoms with Gasteiger partial charge in [0.15, 0.2) is 5.78 Å². The third-order valence-corrected chi connectivity index (χ3v) is 8.04. The third-order valence-electron chi connectivity index (χ3n) is 5.46. The summed E-state index contributed by atoms with van der Waals surface area (Å²) < 4.78 is 26.6. The number of carbonyl (C=O) groups excluding carboxylic acids is 2. The molecule has 0 bridgehead atoms. The van der Waals surface area contributed by atoms with E-state index in [0.717, 1.165) is 34.7 Å². The summed E-state index contributed by atoms with van der Waals surface area (Å²) in [6.45, 7) is 0.0103. The smallest absolute Gasteiger partial charge is 0.269 e. The van der Waals surface area contributed by atoms with Crippen LogP contribution in [-0.4, -0.2) is 41.3 Å². The van der Waals surface area contributed by atoms with Gasteiger partial charge in [0.1, 0.15) is 0 Å². The molecule has 150 valence electrons. The zero-order valence-corrected chi connectivity index (χ0v) is 16.5. The SMILES string of the molecule is O=C1CC2(S(=O)(=O)c3ccc([N+](=O)[O-])cc3)C(=O)C(Cc3cccc(Cl)c3)CN12. The summed E-state index contributed by atoms with van der Waals surface area (Å²) >= 11 is 5.98. The van der Waals surface area contributed by atoms with E-state index in [1.165, 1.54) is 0 Å². The lowest BCUT2D eigenvalue weighted by Gasteiger charge is -2.44. The van der Waals surface area contributed by atoms with Gasteiger partial charge in [-0.05, 0) is 36.2 Å². The lowest BCUT2D eigenvalue weighted by Crippen LogP contribution is -2.67. The highest BCUT2D eigenvalue weighted by Gasteiger charge is 2.70. The number of amides is 1. The van der Waals surface area contributed by atoms with Gasteiger partial charge < -0.3 is 4.90 Å². The van der Waals surface area contributed by atoms with E-state index in [1.54, 1.807) is 24.3 Å². The molecule has 0 N–H and O–H groups in total. The summed E-state index contributed by atoms with van der Waals surface area (Å²) in [4.78, 5) is 34.5. The second-order valence-electron chi connectivity index (χ2n) is 7.12. The highest BCUT2D eigenvalue weighted by atomic mass is 35.5. The van der Waals surface area contributed by atoms with Crippen molar-refractivity contribution in [1.82, 2.24) is 4.90 Å². The monoisotopic (exact) mass is 434 g/mol. The van der Waals surface area contributed by atoms with Crippen molar-refractivity contribution >= 4 is 38.8 Å². The normalized spacial score (nSPS) is 23.6.